The number of benzene rings is 1. The van der Waals surface area contributed by atoms with Gasteiger partial charge < -0.3 is 4.90 Å². The Hall–Kier alpha value is -1.95. The van der Waals surface area contributed by atoms with E-state index in [2.05, 4.69) is 42.7 Å². The van der Waals surface area contributed by atoms with Crippen LogP contribution >= 0.6 is 11.8 Å². The van der Waals surface area contributed by atoms with Crippen molar-refractivity contribution >= 4 is 25.5 Å². The molecule has 0 aliphatic carbocycles. The molecule has 118 valence electrons. The summed E-state index contributed by atoms with van der Waals surface area (Å²) >= 11 is 1.70. The summed E-state index contributed by atoms with van der Waals surface area (Å²) in [5, 5.41) is 18.9. The average Bonchev–Trinajstić information content (AvgIpc) is 2.85. The molecule has 1 aromatic rings. The van der Waals surface area contributed by atoms with Crippen LogP contribution in [0.1, 0.15) is 6.42 Å². The van der Waals surface area contributed by atoms with Crippen molar-refractivity contribution in [3.05, 3.63) is 47.0 Å². The van der Waals surface area contributed by atoms with E-state index < -0.39 is 8.07 Å². The number of hydrogen-bond donors (Lipinski definition) is 0. The van der Waals surface area contributed by atoms with Crippen molar-refractivity contribution in [3.8, 4) is 12.1 Å². The highest BCUT2D eigenvalue weighted by Gasteiger charge is 2.24. The summed E-state index contributed by atoms with van der Waals surface area (Å²) in [6.07, 6.45) is 4.66. The minimum absolute atomic E-state index is 0.135. The summed E-state index contributed by atoms with van der Waals surface area (Å²) in [5.41, 5.74) is 1.36. The third-order valence-electron chi connectivity index (χ3n) is 3.58. The number of allylic oxidation sites excluding steroid dienone is 3. The molecule has 0 saturated heterocycles. The van der Waals surface area contributed by atoms with Crippen LogP contribution in [0, 0.1) is 22.7 Å². The molecular formula is C18H21N3SSi. The summed E-state index contributed by atoms with van der Waals surface area (Å²) in [5.74, 6) is 0. The maximum absolute atomic E-state index is 8.88. The second-order valence-corrected chi connectivity index (χ2v) is 13.4. The highest BCUT2D eigenvalue weighted by Crippen LogP contribution is 2.45. The molecule has 5 heteroatoms. The molecule has 0 fully saturated rings. The van der Waals surface area contributed by atoms with E-state index in [0.717, 1.165) is 18.0 Å². The zero-order valence-corrected chi connectivity index (χ0v) is 15.7. The molecule has 0 N–H and O–H groups in total. The van der Waals surface area contributed by atoms with Crippen molar-refractivity contribution in [2.45, 2.75) is 37.0 Å². The van der Waals surface area contributed by atoms with E-state index in [1.165, 1.54) is 16.6 Å². The molecule has 0 unspecified atom stereocenters. The van der Waals surface area contributed by atoms with E-state index in [1.807, 2.05) is 24.3 Å². The number of fused-ring (bicyclic) bond motifs is 1. The first-order valence-corrected chi connectivity index (χ1v) is 12.2. The van der Waals surface area contributed by atoms with E-state index in [4.69, 9.17) is 10.5 Å². The van der Waals surface area contributed by atoms with Crippen LogP contribution in [0.15, 0.2) is 51.9 Å². The monoisotopic (exact) mass is 339 g/mol. The molecule has 2 rings (SSSR count). The van der Waals surface area contributed by atoms with Crippen LogP contribution in [-0.2, 0) is 0 Å². The van der Waals surface area contributed by atoms with Gasteiger partial charge in [0.05, 0.1) is 10.7 Å². The molecule has 3 nitrogen and oxygen atoms in total. The highest BCUT2D eigenvalue weighted by atomic mass is 32.2. The van der Waals surface area contributed by atoms with Crippen molar-refractivity contribution < 1.29 is 0 Å². The second-order valence-electron chi connectivity index (χ2n) is 6.69. The van der Waals surface area contributed by atoms with Gasteiger partial charge in [-0.05, 0) is 30.7 Å². The molecule has 0 radical (unpaired) electrons. The number of nitrogens with zero attached hydrogens (tertiary/aromatic N) is 3. The van der Waals surface area contributed by atoms with Crippen LogP contribution in [0.2, 0.25) is 25.7 Å². The first-order chi connectivity index (χ1) is 10.9. The molecule has 0 bridgehead atoms. The van der Waals surface area contributed by atoms with Crippen molar-refractivity contribution in [1.82, 2.24) is 0 Å². The quantitative estimate of drug-likeness (QED) is 0.550. The van der Waals surface area contributed by atoms with Gasteiger partial charge in [-0.25, -0.2) is 0 Å². The van der Waals surface area contributed by atoms with Crippen LogP contribution in [0.5, 0.6) is 0 Å². The minimum atomic E-state index is -1.04. The van der Waals surface area contributed by atoms with E-state index in [0.29, 0.717) is 0 Å². The Bertz CT molecular complexity index is 701. The number of hydrogen-bond acceptors (Lipinski definition) is 4. The Morgan fingerprint density at radius 2 is 1.91 bits per heavy atom. The largest absolute Gasteiger partial charge is 0.335 e. The maximum atomic E-state index is 8.88. The molecule has 23 heavy (non-hydrogen) atoms. The zero-order valence-electron chi connectivity index (χ0n) is 13.8. The van der Waals surface area contributed by atoms with Crippen LogP contribution in [0.3, 0.4) is 0 Å². The predicted octanol–water partition coefficient (Wildman–Crippen LogP) is 5.14. The smallest absolute Gasteiger partial charge is 0.129 e. The van der Waals surface area contributed by atoms with Gasteiger partial charge in [-0.15, -0.1) is 0 Å². The minimum Gasteiger partial charge on any atom is -0.335 e. The number of anilines is 1. The Morgan fingerprint density at radius 3 is 2.57 bits per heavy atom. The molecular weight excluding hydrogens is 318 g/mol. The standard InChI is InChI=1S/C18H21N3SSi/c1-23(2,3)12-6-11-21-16-7-4-5-8-17(16)22-18(21)10-9-15(13-19)14-20/h4-5,7-10H,6,11-12H2,1-3H3. The summed E-state index contributed by atoms with van der Waals surface area (Å²) in [6, 6.07) is 13.5. The van der Waals surface area contributed by atoms with Crippen LogP contribution in [0.4, 0.5) is 5.69 Å². The first kappa shape index (κ1) is 17.4. The molecule has 0 spiro atoms. The Morgan fingerprint density at radius 1 is 1.22 bits per heavy atom. The molecule has 1 aromatic carbocycles. The second kappa shape index (κ2) is 7.54. The topological polar surface area (TPSA) is 50.8 Å². The lowest BCUT2D eigenvalue weighted by Gasteiger charge is -2.22. The van der Waals surface area contributed by atoms with Gasteiger partial charge in [0.15, 0.2) is 0 Å². The lowest BCUT2D eigenvalue weighted by Crippen LogP contribution is -2.24. The first-order valence-electron chi connectivity index (χ1n) is 7.71. The van der Waals surface area contributed by atoms with Gasteiger partial charge in [0.1, 0.15) is 17.7 Å². The molecule has 0 atom stereocenters. The van der Waals surface area contributed by atoms with Gasteiger partial charge in [-0.1, -0.05) is 49.6 Å². The van der Waals surface area contributed by atoms with Crippen LogP contribution < -0.4 is 4.90 Å². The third kappa shape index (κ3) is 4.76. The predicted molar refractivity (Wildman–Crippen MR) is 99.8 cm³/mol. The summed E-state index contributed by atoms with van der Waals surface area (Å²) in [4.78, 5) is 3.54. The van der Waals surface area contributed by atoms with E-state index in [1.54, 1.807) is 17.8 Å². The molecule has 0 amide bonds. The Labute approximate surface area is 143 Å². The number of thioether (sulfide) groups is 1. The molecule has 1 aliphatic heterocycles. The SMILES string of the molecule is C[Si](C)(C)CCCN1C(=CC=C(C#N)C#N)Sc2ccccc21. The van der Waals surface area contributed by atoms with E-state index in [-0.39, 0.29) is 5.57 Å². The number of nitriles is 2. The van der Waals surface area contributed by atoms with E-state index in [9.17, 15) is 0 Å². The highest BCUT2D eigenvalue weighted by molar-refractivity contribution is 8.03. The van der Waals surface area contributed by atoms with Gasteiger partial charge >= 0.3 is 0 Å². The van der Waals surface area contributed by atoms with Crippen molar-refractivity contribution in [3.63, 3.8) is 0 Å². The fourth-order valence-corrected chi connectivity index (χ4v) is 4.74. The number of rotatable bonds is 5. The van der Waals surface area contributed by atoms with Gasteiger partial charge in [-0.2, -0.15) is 10.5 Å². The van der Waals surface area contributed by atoms with Gasteiger partial charge in [0.25, 0.3) is 0 Å². The summed E-state index contributed by atoms with van der Waals surface area (Å²) in [7, 11) is -1.04. The van der Waals surface area contributed by atoms with Gasteiger partial charge in [0.2, 0.25) is 0 Å². The molecule has 0 saturated carbocycles. The molecule has 0 aromatic heterocycles. The lowest BCUT2D eigenvalue weighted by molar-refractivity contribution is 0.860. The lowest BCUT2D eigenvalue weighted by atomic mass is 10.2. The average molecular weight is 340 g/mol. The van der Waals surface area contributed by atoms with Gasteiger partial charge in [0, 0.05) is 19.5 Å². The maximum Gasteiger partial charge on any atom is 0.129 e. The fraction of sp³-hybridized carbons (Fsp3) is 0.333. The van der Waals surface area contributed by atoms with Crippen LogP contribution in [-0.4, -0.2) is 14.6 Å². The van der Waals surface area contributed by atoms with Crippen molar-refractivity contribution in [2.24, 2.45) is 0 Å². The zero-order chi connectivity index (χ0) is 16.9. The normalized spacial score (nSPS) is 15.0. The summed E-state index contributed by atoms with van der Waals surface area (Å²) in [6.45, 7) is 8.16. The van der Waals surface area contributed by atoms with E-state index >= 15 is 0 Å². The van der Waals surface area contributed by atoms with Crippen molar-refractivity contribution in [2.75, 3.05) is 11.4 Å². The molecule has 1 heterocycles. The third-order valence-corrected chi connectivity index (χ3v) is 6.56. The van der Waals surface area contributed by atoms with Crippen molar-refractivity contribution in [1.29, 1.82) is 10.5 Å². The van der Waals surface area contributed by atoms with Crippen LogP contribution in [0.25, 0.3) is 0 Å². The molecule has 1 aliphatic rings. The van der Waals surface area contributed by atoms with Gasteiger partial charge in [-0.3, -0.25) is 0 Å². The Balaban J connectivity index is 2.22. The summed E-state index contributed by atoms with van der Waals surface area (Å²) < 4.78 is 0. The number of para-hydroxylation sites is 1. The fourth-order valence-electron chi connectivity index (χ4n) is 2.43. The Kier molecular flexibility index (Phi) is 5.71.